The third-order valence-electron chi connectivity index (χ3n) is 5.25. The number of hydrogen-bond donors (Lipinski definition) is 1. The standard InChI is InChI=1S/C21H25N3/c22-14-16-10-12-17(13-11-16)15-24-20-9-5-4-8-19(20)23-21(24)18-6-2-1-3-7-18/h4-5,8-13,18H,1-3,6-7,14-15,22H2. The molecule has 1 saturated carbocycles. The number of nitrogens with two attached hydrogens (primary N) is 1. The molecule has 2 N–H and O–H groups in total. The van der Waals surface area contributed by atoms with Crippen molar-refractivity contribution in [2.45, 2.75) is 51.1 Å². The van der Waals surface area contributed by atoms with Gasteiger partial charge in [-0.15, -0.1) is 0 Å². The van der Waals surface area contributed by atoms with E-state index in [4.69, 9.17) is 10.7 Å². The highest BCUT2D eigenvalue weighted by Crippen LogP contribution is 2.34. The van der Waals surface area contributed by atoms with Gasteiger partial charge < -0.3 is 10.3 Å². The molecule has 124 valence electrons. The van der Waals surface area contributed by atoms with Gasteiger partial charge in [0.05, 0.1) is 11.0 Å². The fourth-order valence-corrected chi connectivity index (χ4v) is 3.90. The summed E-state index contributed by atoms with van der Waals surface area (Å²) in [6, 6.07) is 17.2. The van der Waals surface area contributed by atoms with Crippen molar-refractivity contribution in [1.82, 2.24) is 9.55 Å². The Balaban J connectivity index is 1.73. The third kappa shape index (κ3) is 2.96. The molecule has 1 aliphatic carbocycles. The minimum absolute atomic E-state index is 0.599. The molecule has 2 aromatic carbocycles. The van der Waals surface area contributed by atoms with Crippen LogP contribution in [0.5, 0.6) is 0 Å². The van der Waals surface area contributed by atoms with E-state index in [-0.39, 0.29) is 0 Å². The van der Waals surface area contributed by atoms with Crippen molar-refractivity contribution in [2.24, 2.45) is 5.73 Å². The van der Waals surface area contributed by atoms with E-state index in [0.717, 1.165) is 12.1 Å². The van der Waals surface area contributed by atoms with E-state index in [1.807, 2.05) is 0 Å². The Labute approximate surface area is 143 Å². The first-order valence-electron chi connectivity index (χ1n) is 9.08. The molecule has 0 saturated heterocycles. The number of benzene rings is 2. The van der Waals surface area contributed by atoms with E-state index >= 15 is 0 Å². The summed E-state index contributed by atoms with van der Waals surface area (Å²) in [5.41, 5.74) is 10.6. The van der Waals surface area contributed by atoms with Crippen LogP contribution in [-0.4, -0.2) is 9.55 Å². The predicted octanol–water partition coefficient (Wildman–Crippen LogP) is 4.59. The minimum atomic E-state index is 0.599. The van der Waals surface area contributed by atoms with Crippen LogP contribution in [0.25, 0.3) is 11.0 Å². The molecule has 0 atom stereocenters. The molecule has 1 aromatic heterocycles. The molecular formula is C21H25N3. The van der Waals surface area contributed by atoms with Crippen molar-refractivity contribution in [3.63, 3.8) is 0 Å². The second-order valence-corrected chi connectivity index (χ2v) is 6.90. The lowest BCUT2D eigenvalue weighted by atomic mass is 9.88. The number of fused-ring (bicyclic) bond motifs is 1. The van der Waals surface area contributed by atoms with Gasteiger partial charge in [0.15, 0.2) is 0 Å². The van der Waals surface area contributed by atoms with Crippen LogP contribution in [0, 0.1) is 0 Å². The topological polar surface area (TPSA) is 43.8 Å². The van der Waals surface area contributed by atoms with Crippen LogP contribution < -0.4 is 5.73 Å². The largest absolute Gasteiger partial charge is 0.326 e. The van der Waals surface area contributed by atoms with Crippen molar-refractivity contribution in [3.05, 3.63) is 65.5 Å². The molecule has 0 bridgehead atoms. The van der Waals surface area contributed by atoms with Crippen LogP contribution in [-0.2, 0) is 13.1 Å². The van der Waals surface area contributed by atoms with Gasteiger partial charge in [0.1, 0.15) is 5.82 Å². The first-order valence-corrected chi connectivity index (χ1v) is 9.08. The van der Waals surface area contributed by atoms with Crippen LogP contribution in [0.1, 0.15) is 55.0 Å². The van der Waals surface area contributed by atoms with Gasteiger partial charge in [0, 0.05) is 19.0 Å². The zero-order valence-corrected chi connectivity index (χ0v) is 14.1. The summed E-state index contributed by atoms with van der Waals surface area (Å²) in [6.07, 6.45) is 6.58. The van der Waals surface area contributed by atoms with Gasteiger partial charge in [-0.2, -0.15) is 0 Å². The number of hydrogen-bond acceptors (Lipinski definition) is 2. The molecule has 3 aromatic rings. The maximum atomic E-state index is 5.72. The average Bonchev–Trinajstić information content (AvgIpc) is 3.02. The zero-order chi connectivity index (χ0) is 16.4. The van der Waals surface area contributed by atoms with Crippen molar-refractivity contribution < 1.29 is 0 Å². The Bertz CT molecular complexity index is 811. The molecule has 3 heteroatoms. The summed E-state index contributed by atoms with van der Waals surface area (Å²) in [5, 5.41) is 0. The Hall–Kier alpha value is -2.13. The summed E-state index contributed by atoms with van der Waals surface area (Å²) in [4.78, 5) is 5.01. The summed E-state index contributed by atoms with van der Waals surface area (Å²) in [7, 11) is 0. The molecule has 0 aliphatic heterocycles. The highest BCUT2D eigenvalue weighted by molar-refractivity contribution is 5.76. The summed E-state index contributed by atoms with van der Waals surface area (Å²) < 4.78 is 2.43. The average molecular weight is 319 g/mol. The summed E-state index contributed by atoms with van der Waals surface area (Å²) in [6.45, 7) is 1.48. The van der Waals surface area contributed by atoms with E-state index in [1.54, 1.807) is 0 Å². The molecule has 1 heterocycles. The van der Waals surface area contributed by atoms with Crippen LogP contribution in [0.15, 0.2) is 48.5 Å². The van der Waals surface area contributed by atoms with Gasteiger partial charge in [0.2, 0.25) is 0 Å². The Morgan fingerprint density at radius 3 is 2.38 bits per heavy atom. The maximum absolute atomic E-state index is 5.72. The lowest BCUT2D eigenvalue weighted by Gasteiger charge is -2.22. The number of nitrogens with zero attached hydrogens (tertiary/aromatic N) is 2. The van der Waals surface area contributed by atoms with E-state index in [0.29, 0.717) is 12.5 Å². The molecular weight excluding hydrogens is 294 g/mol. The van der Waals surface area contributed by atoms with Gasteiger partial charge in [-0.05, 0) is 36.1 Å². The second kappa shape index (κ2) is 6.78. The van der Waals surface area contributed by atoms with Gasteiger partial charge in [-0.3, -0.25) is 0 Å². The second-order valence-electron chi connectivity index (χ2n) is 6.90. The normalized spacial score (nSPS) is 15.9. The van der Waals surface area contributed by atoms with Crippen molar-refractivity contribution >= 4 is 11.0 Å². The monoisotopic (exact) mass is 319 g/mol. The molecule has 0 spiro atoms. The quantitative estimate of drug-likeness (QED) is 0.764. The van der Waals surface area contributed by atoms with Crippen molar-refractivity contribution in [3.8, 4) is 0 Å². The van der Waals surface area contributed by atoms with Gasteiger partial charge in [-0.1, -0.05) is 55.7 Å². The maximum Gasteiger partial charge on any atom is 0.113 e. The van der Waals surface area contributed by atoms with Crippen LogP contribution >= 0.6 is 0 Å². The van der Waals surface area contributed by atoms with Gasteiger partial charge in [0.25, 0.3) is 0 Å². The van der Waals surface area contributed by atoms with Crippen LogP contribution in [0.2, 0.25) is 0 Å². The van der Waals surface area contributed by atoms with E-state index in [9.17, 15) is 0 Å². The molecule has 1 fully saturated rings. The lowest BCUT2D eigenvalue weighted by molar-refractivity contribution is 0.420. The van der Waals surface area contributed by atoms with Crippen molar-refractivity contribution in [1.29, 1.82) is 0 Å². The predicted molar refractivity (Wildman–Crippen MR) is 99.0 cm³/mol. The molecule has 0 unspecified atom stereocenters. The Kier molecular flexibility index (Phi) is 4.35. The minimum Gasteiger partial charge on any atom is -0.326 e. The Morgan fingerprint density at radius 1 is 0.917 bits per heavy atom. The molecule has 24 heavy (non-hydrogen) atoms. The number of imidazole rings is 1. The van der Waals surface area contributed by atoms with Gasteiger partial charge >= 0.3 is 0 Å². The van der Waals surface area contributed by atoms with Gasteiger partial charge in [-0.25, -0.2) is 4.98 Å². The molecule has 1 aliphatic rings. The highest BCUT2D eigenvalue weighted by atomic mass is 15.1. The van der Waals surface area contributed by atoms with Crippen LogP contribution in [0.4, 0.5) is 0 Å². The summed E-state index contributed by atoms with van der Waals surface area (Å²) in [5.74, 6) is 1.88. The molecule has 0 amide bonds. The Morgan fingerprint density at radius 2 is 1.62 bits per heavy atom. The van der Waals surface area contributed by atoms with Crippen LogP contribution in [0.3, 0.4) is 0 Å². The zero-order valence-electron chi connectivity index (χ0n) is 14.1. The molecule has 0 radical (unpaired) electrons. The van der Waals surface area contributed by atoms with E-state index in [1.165, 1.54) is 54.6 Å². The van der Waals surface area contributed by atoms with E-state index in [2.05, 4.69) is 53.1 Å². The number of rotatable bonds is 4. The van der Waals surface area contributed by atoms with Crippen molar-refractivity contribution in [2.75, 3.05) is 0 Å². The summed E-state index contributed by atoms with van der Waals surface area (Å²) >= 11 is 0. The number of aromatic nitrogens is 2. The SMILES string of the molecule is NCc1ccc(Cn2c(C3CCCCC3)nc3ccccc32)cc1. The first-order chi connectivity index (χ1) is 11.8. The third-order valence-corrected chi connectivity index (χ3v) is 5.25. The molecule has 3 nitrogen and oxygen atoms in total. The number of para-hydroxylation sites is 2. The van der Waals surface area contributed by atoms with E-state index < -0.39 is 0 Å². The highest BCUT2D eigenvalue weighted by Gasteiger charge is 2.22. The fraction of sp³-hybridized carbons (Fsp3) is 0.381. The fourth-order valence-electron chi connectivity index (χ4n) is 3.90. The first kappa shape index (κ1) is 15.4. The smallest absolute Gasteiger partial charge is 0.113 e. The lowest BCUT2D eigenvalue weighted by Crippen LogP contribution is -2.13. The molecule has 4 rings (SSSR count).